The first-order valence-electron chi connectivity index (χ1n) is 26.4. The Morgan fingerprint density at radius 3 is 1.46 bits per heavy atom. The van der Waals surface area contributed by atoms with Crippen LogP contribution in [0.3, 0.4) is 0 Å². The minimum Gasteiger partial charge on any atom is -0.394 e. The molecule has 2 fully saturated rings. The first-order valence-corrected chi connectivity index (χ1v) is 26.4. The largest absolute Gasteiger partial charge is 0.394 e. The molecular weight excluding hydrogens is 859 g/mol. The zero-order valence-corrected chi connectivity index (χ0v) is 41.4. The molecule has 14 nitrogen and oxygen atoms in total. The van der Waals surface area contributed by atoms with Crippen LogP contribution in [0, 0.1) is 0 Å². The molecule has 0 aliphatic carbocycles. The van der Waals surface area contributed by atoms with Gasteiger partial charge in [0, 0.05) is 6.42 Å². The molecular formula is C53H95NO13. The molecule has 0 aromatic heterocycles. The fourth-order valence-electron chi connectivity index (χ4n) is 8.37. The third kappa shape index (κ3) is 26.7. The number of aliphatic hydroxyl groups excluding tert-OH is 8. The standard InChI is InChI=1S/C53H95NO13/c1-3-5-7-9-11-13-15-17-19-20-21-23-25-27-29-31-33-35-37-45(58)54-41(42(57)36-34-32-30-28-26-24-22-18-16-14-12-10-8-6-4-2)40-64-52-50(63)48(61)51(44(39-56)66-52)67-53-49(62)47(60)46(59)43(38-55)65-53/h16,18-20,26,28,34,36,41-44,46-53,55-57,59-63H,3-15,17,21-25,27,29-33,35,37-40H2,1-2H3,(H,54,58)/b18-16+,20-19-,28-26+,36-34+. The van der Waals surface area contributed by atoms with Crippen LogP contribution in [0.1, 0.15) is 187 Å². The second-order valence-electron chi connectivity index (χ2n) is 18.6. The highest BCUT2D eigenvalue weighted by Crippen LogP contribution is 2.30. The number of carbonyl (C=O) groups excluding carboxylic acids is 1. The molecule has 0 radical (unpaired) electrons. The van der Waals surface area contributed by atoms with Crippen molar-refractivity contribution in [2.75, 3.05) is 19.8 Å². The van der Waals surface area contributed by atoms with Crippen LogP contribution in [-0.2, 0) is 23.7 Å². The van der Waals surface area contributed by atoms with Crippen molar-refractivity contribution >= 4 is 5.91 Å². The molecule has 390 valence electrons. The summed E-state index contributed by atoms with van der Waals surface area (Å²) in [5.41, 5.74) is 0. The summed E-state index contributed by atoms with van der Waals surface area (Å²) in [5, 5.41) is 86.7. The summed E-state index contributed by atoms with van der Waals surface area (Å²) in [6, 6.07) is -0.939. The average Bonchev–Trinajstić information content (AvgIpc) is 3.32. The summed E-state index contributed by atoms with van der Waals surface area (Å²) in [7, 11) is 0. The summed E-state index contributed by atoms with van der Waals surface area (Å²) in [6.07, 6.45) is 30.0. The van der Waals surface area contributed by atoms with Crippen molar-refractivity contribution in [3.63, 3.8) is 0 Å². The molecule has 0 aromatic carbocycles. The van der Waals surface area contributed by atoms with E-state index in [4.69, 9.17) is 18.9 Å². The number of carbonyl (C=O) groups is 1. The van der Waals surface area contributed by atoms with Gasteiger partial charge in [0.1, 0.15) is 48.8 Å². The molecule has 0 aromatic rings. The van der Waals surface area contributed by atoms with Gasteiger partial charge >= 0.3 is 0 Å². The number of rotatable bonds is 40. The third-order valence-electron chi connectivity index (χ3n) is 12.7. The van der Waals surface area contributed by atoms with Gasteiger partial charge < -0.3 is 65.1 Å². The summed E-state index contributed by atoms with van der Waals surface area (Å²) in [6.45, 7) is 2.73. The van der Waals surface area contributed by atoms with E-state index in [2.05, 4.69) is 55.6 Å². The van der Waals surface area contributed by atoms with E-state index in [1.165, 1.54) is 103 Å². The van der Waals surface area contributed by atoms with Crippen molar-refractivity contribution in [2.24, 2.45) is 0 Å². The maximum atomic E-state index is 13.2. The molecule has 0 spiro atoms. The zero-order chi connectivity index (χ0) is 48.9. The van der Waals surface area contributed by atoms with E-state index in [1.807, 2.05) is 6.08 Å². The predicted octanol–water partition coefficient (Wildman–Crippen LogP) is 7.27. The highest BCUT2D eigenvalue weighted by molar-refractivity contribution is 5.76. The van der Waals surface area contributed by atoms with Gasteiger partial charge in [-0.15, -0.1) is 0 Å². The lowest BCUT2D eigenvalue weighted by Gasteiger charge is -2.46. The highest BCUT2D eigenvalue weighted by Gasteiger charge is 2.51. The normalized spacial score (nSPS) is 27.0. The summed E-state index contributed by atoms with van der Waals surface area (Å²) >= 11 is 0. The number of hydrogen-bond donors (Lipinski definition) is 9. The van der Waals surface area contributed by atoms with Crippen LogP contribution in [0.25, 0.3) is 0 Å². The van der Waals surface area contributed by atoms with Crippen molar-refractivity contribution in [1.29, 1.82) is 0 Å². The maximum absolute atomic E-state index is 13.2. The predicted molar refractivity (Wildman–Crippen MR) is 263 cm³/mol. The van der Waals surface area contributed by atoms with Crippen LogP contribution in [0.5, 0.6) is 0 Å². The van der Waals surface area contributed by atoms with E-state index in [1.54, 1.807) is 6.08 Å². The van der Waals surface area contributed by atoms with Crippen molar-refractivity contribution in [2.45, 2.75) is 261 Å². The highest BCUT2D eigenvalue weighted by atomic mass is 16.7. The van der Waals surface area contributed by atoms with Gasteiger partial charge in [0.05, 0.1) is 32.0 Å². The number of aliphatic hydroxyl groups is 8. The van der Waals surface area contributed by atoms with Crippen LogP contribution >= 0.6 is 0 Å². The van der Waals surface area contributed by atoms with E-state index < -0.39 is 86.8 Å². The van der Waals surface area contributed by atoms with Crippen LogP contribution < -0.4 is 5.32 Å². The van der Waals surface area contributed by atoms with E-state index in [0.717, 1.165) is 51.4 Å². The number of allylic oxidation sites excluding steroid dienone is 7. The second kappa shape index (κ2) is 39.6. The molecule has 0 saturated carbocycles. The first-order chi connectivity index (χ1) is 32.6. The molecule has 2 aliphatic rings. The molecule has 9 N–H and O–H groups in total. The monoisotopic (exact) mass is 954 g/mol. The van der Waals surface area contributed by atoms with Gasteiger partial charge in [-0.2, -0.15) is 0 Å². The first kappa shape index (κ1) is 61.1. The van der Waals surface area contributed by atoms with E-state index in [9.17, 15) is 45.6 Å². The van der Waals surface area contributed by atoms with Gasteiger partial charge in [0.15, 0.2) is 12.6 Å². The lowest BCUT2D eigenvalue weighted by atomic mass is 9.97. The lowest BCUT2D eigenvalue weighted by Crippen LogP contribution is -2.65. The van der Waals surface area contributed by atoms with E-state index >= 15 is 0 Å². The van der Waals surface area contributed by atoms with Gasteiger partial charge in [-0.1, -0.05) is 159 Å². The van der Waals surface area contributed by atoms with Crippen LogP contribution in [0.15, 0.2) is 48.6 Å². The number of nitrogens with one attached hydrogen (secondary N) is 1. The number of unbranched alkanes of at least 4 members (excludes halogenated alkanes) is 21. The molecule has 0 bridgehead atoms. The molecule has 1 amide bonds. The Hall–Kier alpha value is -2.05. The van der Waals surface area contributed by atoms with Gasteiger partial charge in [0.2, 0.25) is 5.91 Å². The van der Waals surface area contributed by atoms with Gasteiger partial charge in [-0.05, 0) is 70.6 Å². The molecule has 14 heteroatoms. The third-order valence-corrected chi connectivity index (χ3v) is 12.7. The Morgan fingerprint density at radius 2 is 0.955 bits per heavy atom. The summed E-state index contributed by atoms with van der Waals surface area (Å²) < 4.78 is 22.7. The average molecular weight is 954 g/mol. The molecule has 67 heavy (non-hydrogen) atoms. The molecule has 12 unspecified atom stereocenters. The quantitative estimate of drug-likeness (QED) is 0.0218. The molecule has 2 saturated heterocycles. The SMILES string of the molecule is CCCCCCC/C=C/CC/C=C/CC/C=C/C(O)C(COC1OC(CO)C(OC2OC(CO)C(O)C(O)C2O)C(O)C1O)NC(=O)CCCCCCCCC/C=C\CCCCCCCCC. The Labute approximate surface area is 403 Å². The smallest absolute Gasteiger partial charge is 0.220 e. The number of amides is 1. The molecule has 2 heterocycles. The Kier molecular flexibility index (Phi) is 36.1. The fourth-order valence-corrected chi connectivity index (χ4v) is 8.37. The van der Waals surface area contributed by atoms with E-state index in [0.29, 0.717) is 12.8 Å². The minimum absolute atomic E-state index is 0.260. The molecule has 12 atom stereocenters. The lowest BCUT2D eigenvalue weighted by molar-refractivity contribution is -0.359. The maximum Gasteiger partial charge on any atom is 0.220 e. The topological polar surface area (TPSA) is 228 Å². The van der Waals surface area contributed by atoms with Gasteiger partial charge in [-0.3, -0.25) is 4.79 Å². The van der Waals surface area contributed by atoms with Crippen LogP contribution in [-0.4, -0.2) is 140 Å². The summed E-state index contributed by atoms with van der Waals surface area (Å²) in [4.78, 5) is 13.2. The van der Waals surface area contributed by atoms with Crippen molar-refractivity contribution in [3.05, 3.63) is 48.6 Å². The Bertz CT molecular complexity index is 1310. The van der Waals surface area contributed by atoms with Crippen LogP contribution in [0.4, 0.5) is 0 Å². The number of ether oxygens (including phenoxy) is 4. The van der Waals surface area contributed by atoms with Gasteiger partial charge in [-0.25, -0.2) is 0 Å². The van der Waals surface area contributed by atoms with Crippen LogP contribution in [0.2, 0.25) is 0 Å². The second-order valence-corrected chi connectivity index (χ2v) is 18.6. The van der Waals surface area contributed by atoms with Gasteiger partial charge in [0.25, 0.3) is 0 Å². The number of hydrogen-bond acceptors (Lipinski definition) is 13. The van der Waals surface area contributed by atoms with Crippen molar-refractivity contribution < 1.29 is 64.6 Å². The Balaban J connectivity index is 1.86. The van der Waals surface area contributed by atoms with E-state index in [-0.39, 0.29) is 18.9 Å². The van der Waals surface area contributed by atoms with Crippen molar-refractivity contribution in [1.82, 2.24) is 5.32 Å². The Morgan fingerprint density at radius 1 is 0.522 bits per heavy atom. The molecule has 2 aliphatic heterocycles. The zero-order valence-electron chi connectivity index (χ0n) is 41.4. The molecule has 2 rings (SSSR count). The fraction of sp³-hybridized carbons (Fsp3) is 0.830. The van der Waals surface area contributed by atoms with Crippen molar-refractivity contribution in [3.8, 4) is 0 Å². The summed E-state index contributed by atoms with van der Waals surface area (Å²) in [5.74, 6) is -0.260. The minimum atomic E-state index is -1.79.